The molecule has 108 valence electrons. The molecule has 1 aliphatic carbocycles. The van der Waals surface area contributed by atoms with E-state index in [2.05, 4.69) is 43.4 Å². The van der Waals surface area contributed by atoms with Crippen LogP contribution in [0.4, 0.5) is 0 Å². The first-order valence-corrected chi connectivity index (χ1v) is 8.67. The van der Waals surface area contributed by atoms with Crippen LogP contribution in [-0.4, -0.2) is 11.0 Å². The molecule has 3 heteroatoms. The molecule has 2 aromatic rings. The van der Waals surface area contributed by atoms with E-state index in [1.807, 2.05) is 11.3 Å². The lowest BCUT2D eigenvalue weighted by atomic mass is 9.84. The lowest BCUT2D eigenvalue weighted by Crippen LogP contribution is -2.36. The van der Waals surface area contributed by atoms with Gasteiger partial charge >= 0.3 is 0 Å². The van der Waals surface area contributed by atoms with Gasteiger partial charge in [-0.1, -0.05) is 31.4 Å². The number of nitrogens with zero attached hydrogens (tertiary/aromatic N) is 1. The Morgan fingerprint density at radius 1 is 1.15 bits per heavy atom. The van der Waals surface area contributed by atoms with Crippen LogP contribution in [0.15, 0.2) is 24.3 Å². The Morgan fingerprint density at radius 2 is 1.90 bits per heavy atom. The van der Waals surface area contributed by atoms with Crippen LogP contribution in [0.1, 0.15) is 57.0 Å². The fourth-order valence-electron chi connectivity index (χ4n) is 3.31. The minimum Gasteiger partial charge on any atom is -0.305 e. The predicted molar refractivity (Wildman–Crippen MR) is 87.2 cm³/mol. The molecule has 0 radical (unpaired) electrons. The summed E-state index contributed by atoms with van der Waals surface area (Å²) in [6, 6.07) is 9.36. The van der Waals surface area contributed by atoms with Crippen molar-refractivity contribution in [2.24, 2.45) is 5.92 Å². The van der Waals surface area contributed by atoms with Gasteiger partial charge in [0.15, 0.2) is 0 Å². The fourth-order valence-corrected chi connectivity index (χ4v) is 4.29. The van der Waals surface area contributed by atoms with Gasteiger partial charge in [0.25, 0.3) is 0 Å². The number of aromatic nitrogens is 1. The molecule has 2 nitrogen and oxygen atoms in total. The summed E-state index contributed by atoms with van der Waals surface area (Å²) in [6.45, 7) is 4.59. The summed E-state index contributed by atoms with van der Waals surface area (Å²) in [6.07, 6.45) is 7.02. The maximum absolute atomic E-state index is 4.77. The van der Waals surface area contributed by atoms with Crippen molar-refractivity contribution in [3.05, 3.63) is 29.3 Å². The number of hydrogen-bond donors (Lipinski definition) is 1. The zero-order valence-electron chi connectivity index (χ0n) is 12.4. The van der Waals surface area contributed by atoms with Gasteiger partial charge in [0, 0.05) is 6.04 Å². The highest BCUT2D eigenvalue weighted by atomic mass is 32.1. The first-order valence-electron chi connectivity index (χ1n) is 7.85. The lowest BCUT2D eigenvalue weighted by Gasteiger charge is -2.30. The SMILES string of the molecule is CC(N[C@H](C)C1CCCCC1)c1nc2ccccc2s1. The van der Waals surface area contributed by atoms with Gasteiger partial charge in [-0.3, -0.25) is 0 Å². The molecule has 1 saturated carbocycles. The standard InChI is InChI=1S/C17H24N2S/c1-12(14-8-4-3-5-9-14)18-13(2)17-19-15-10-6-7-11-16(15)20-17/h6-7,10-14,18H,3-5,8-9H2,1-2H3/t12-,13?/m1/s1. The summed E-state index contributed by atoms with van der Waals surface area (Å²) in [5.41, 5.74) is 1.13. The molecule has 0 saturated heterocycles. The monoisotopic (exact) mass is 288 g/mol. The molecule has 1 heterocycles. The average molecular weight is 288 g/mol. The Labute approximate surface area is 125 Å². The highest BCUT2D eigenvalue weighted by molar-refractivity contribution is 7.18. The van der Waals surface area contributed by atoms with E-state index in [1.54, 1.807) is 0 Å². The highest BCUT2D eigenvalue weighted by Crippen LogP contribution is 2.30. The van der Waals surface area contributed by atoms with Crippen molar-refractivity contribution >= 4 is 21.6 Å². The second kappa shape index (κ2) is 6.23. The van der Waals surface area contributed by atoms with E-state index in [0.29, 0.717) is 12.1 Å². The molecule has 1 aromatic carbocycles. The summed E-state index contributed by atoms with van der Waals surface area (Å²) in [5, 5.41) is 4.99. The summed E-state index contributed by atoms with van der Waals surface area (Å²) >= 11 is 1.82. The van der Waals surface area contributed by atoms with Gasteiger partial charge in [0.1, 0.15) is 5.01 Å². The molecular formula is C17H24N2S. The fraction of sp³-hybridized carbons (Fsp3) is 0.588. The van der Waals surface area contributed by atoms with E-state index in [9.17, 15) is 0 Å². The number of nitrogens with one attached hydrogen (secondary N) is 1. The molecule has 2 atom stereocenters. The number of thiazole rings is 1. The molecule has 1 unspecified atom stereocenters. The number of benzene rings is 1. The molecule has 1 fully saturated rings. The number of rotatable bonds is 4. The summed E-state index contributed by atoms with van der Waals surface area (Å²) in [4.78, 5) is 4.77. The van der Waals surface area contributed by atoms with Crippen LogP contribution in [-0.2, 0) is 0 Å². The molecule has 0 bridgehead atoms. The van der Waals surface area contributed by atoms with Crippen molar-refractivity contribution in [3.63, 3.8) is 0 Å². The number of fused-ring (bicyclic) bond motifs is 1. The molecule has 0 spiro atoms. The Kier molecular flexibility index (Phi) is 4.37. The predicted octanol–water partition coefficient (Wildman–Crippen LogP) is 4.92. The van der Waals surface area contributed by atoms with E-state index in [1.165, 1.54) is 41.8 Å². The van der Waals surface area contributed by atoms with Gasteiger partial charge in [0.05, 0.1) is 16.3 Å². The van der Waals surface area contributed by atoms with Crippen LogP contribution >= 0.6 is 11.3 Å². The molecule has 1 N–H and O–H groups in total. The molecule has 0 amide bonds. The smallest absolute Gasteiger partial charge is 0.111 e. The zero-order valence-corrected chi connectivity index (χ0v) is 13.2. The number of para-hydroxylation sites is 1. The molecule has 3 rings (SSSR count). The van der Waals surface area contributed by atoms with Gasteiger partial charge in [-0.05, 0) is 44.7 Å². The van der Waals surface area contributed by atoms with E-state index in [0.717, 1.165) is 11.4 Å². The van der Waals surface area contributed by atoms with Crippen LogP contribution in [0.2, 0.25) is 0 Å². The first-order chi connectivity index (χ1) is 9.74. The van der Waals surface area contributed by atoms with E-state index in [4.69, 9.17) is 4.98 Å². The van der Waals surface area contributed by atoms with Crippen LogP contribution < -0.4 is 5.32 Å². The third-order valence-electron chi connectivity index (χ3n) is 4.55. The van der Waals surface area contributed by atoms with Gasteiger partial charge in [-0.25, -0.2) is 4.98 Å². The third-order valence-corrected chi connectivity index (χ3v) is 5.77. The second-order valence-corrected chi connectivity index (χ2v) is 7.16. The highest BCUT2D eigenvalue weighted by Gasteiger charge is 2.22. The summed E-state index contributed by atoms with van der Waals surface area (Å²) in [5.74, 6) is 0.848. The Morgan fingerprint density at radius 3 is 2.65 bits per heavy atom. The topological polar surface area (TPSA) is 24.9 Å². The van der Waals surface area contributed by atoms with Crippen molar-refractivity contribution in [1.82, 2.24) is 10.3 Å². The number of hydrogen-bond acceptors (Lipinski definition) is 3. The van der Waals surface area contributed by atoms with Crippen molar-refractivity contribution in [3.8, 4) is 0 Å². The Hall–Kier alpha value is -0.930. The molecular weight excluding hydrogens is 264 g/mol. The largest absolute Gasteiger partial charge is 0.305 e. The minimum atomic E-state index is 0.351. The molecule has 20 heavy (non-hydrogen) atoms. The van der Waals surface area contributed by atoms with Crippen molar-refractivity contribution in [2.45, 2.75) is 58.0 Å². The van der Waals surface area contributed by atoms with Gasteiger partial charge in [0.2, 0.25) is 0 Å². The summed E-state index contributed by atoms with van der Waals surface area (Å²) < 4.78 is 1.29. The minimum absolute atomic E-state index is 0.351. The Bertz CT molecular complexity index is 524. The van der Waals surface area contributed by atoms with E-state index < -0.39 is 0 Å². The van der Waals surface area contributed by atoms with Crippen molar-refractivity contribution < 1.29 is 0 Å². The lowest BCUT2D eigenvalue weighted by molar-refractivity contribution is 0.268. The average Bonchev–Trinajstić information content (AvgIpc) is 2.92. The van der Waals surface area contributed by atoms with Crippen LogP contribution in [0.25, 0.3) is 10.2 Å². The Balaban J connectivity index is 1.67. The summed E-state index contributed by atoms with van der Waals surface area (Å²) in [7, 11) is 0. The van der Waals surface area contributed by atoms with Gasteiger partial charge in [-0.15, -0.1) is 11.3 Å². The zero-order chi connectivity index (χ0) is 13.9. The second-order valence-electron chi connectivity index (χ2n) is 6.09. The third kappa shape index (κ3) is 3.04. The van der Waals surface area contributed by atoms with E-state index in [-0.39, 0.29) is 0 Å². The van der Waals surface area contributed by atoms with Crippen molar-refractivity contribution in [2.75, 3.05) is 0 Å². The quantitative estimate of drug-likeness (QED) is 0.864. The molecule has 1 aliphatic rings. The first kappa shape index (κ1) is 14.0. The normalized spacial score (nSPS) is 20.1. The van der Waals surface area contributed by atoms with Crippen LogP contribution in [0, 0.1) is 5.92 Å². The van der Waals surface area contributed by atoms with Gasteiger partial charge < -0.3 is 5.32 Å². The van der Waals surface area contributed by atoms with Crippen molar-refractivity contribution in [1.29, 1.82) is 0 Å². The van der Waals surface area contributed by atoms with Gasteiger partial charge in [-0.2, -0.15) is 0 Å². The van der Waals surface area contributed by atoms with E-state index >= 15 is 0 Å². The van der Waals surface area contributed by atoms with Crippen LogP contribution in [0.5, 0.6) is 0 Å². The van der Waals surface area contributed by atoms with Crippen LogP contribution in [0.3, 0.4) is 0 Å². The maximum Gasteiger partial charge on any atom is 0.111 e. The molecule has 0 aliphatic heterocycles. The maximum atomic E-state index is 4.77. The molecule has 1 aromatic heterocycles.